The molecule has 0 spiro atoms. The van der Waals surface area contributed by atoms with Crippen molar-refractivity contribution in [3.05, 3.63) is 48.0 Å². The third-order valence-electron chi connectivity index (χ3n) is 2.64. The van der Waals surface area contributed by atoms with Gasteiger partial charge in [-0.25, -0.2) is 0 Å². The number of unbranched alkanes of at least 4 members (excludes halogenated alkanes) is 3. The van der Waals surface area contributed by atoms with Crippen LogP contribution in [-0.4, -0.2) is 11.7 Å². The Morgan fingerprint density at radius 3 is 2.38 bits per heavy atom. The number of hydrogen-bond donors (Lipinski definition) is 1. The Kier molecular flexibility index (Phi) is 7.44. The van der Waals surface area contributed by atoms with Crippen LogP contribution in [0.15, 0.2) is 42.5 Å². The van der Waals surface area contributed by atoms with Crippen LogP contribution < -0.4 is 0 Å². The zero-order valence-corrected chi connectivity index (χ0v) is 9.94. The number of benzene rings is 1. The molecule has 0 heterocycles. The molecular weight excluding hydrogens is 196 g/mol. The quantitative estimate of drug-likeness (QED) is 0.520. The van der Waals surface area contributed by atoms with Crippen molar-refractivity contribution >= 4 is 0 Å². The summed E-state index contributed by atoms with van der Waals surface area (Å²) in [4.78, 5) is 0. The highest BCUT2D eigenvalue weighted by Gasteiger charge is 1.88. The molecule has 1 N–H and O–H groups in total. The molecule has 1 aromatic rings. The molecule has 0 atom stereocenters. The normalized spacial score (nSPS) is 11.1. The maximum Gasteiger partial charge on any atom is 0.0431 e. The second-order valence-electron chi connectivity index (χ2n) is 4.07. The van der Waals surface area contributed by atoms with E-state index in [2.05, 4.69) is 42.5 Å². The smallest absolute Gasteiger partial charge is 0.0431 e. The minimum atomic E-state index is 0.331. The Balaban J connectivity index is 2.00. The predicted octanol–water partition coefficient (Wildman–Crippen LogP) is 3.73. The number of hydrogen-bond acceptors (Lipinski definition) is 1. The summed E-state index contributed by atoms with van der Waals surface area (Å²) in [6.07, 6.45) is 11.2. The zero-order chi connectivity index (χ0) is 11.5. The lowest BCUT2D eigenvalue weighted by atomic mass is 10.1. The highest BCUT2D eigenvalue weighted by atomic mass is 16.2. The highest BCUT2D eigenvalue weighted by molar-refractivity contribution is 5.15. The molecule has 0 fully saturated rings. The second kappa shape index (κ2) is 9.17. The Hall–Kier alpha value is -1.08. The molecule has 0 saturated heterocycles. The van der Waals surface area contributed by atoms with Gasteiger partial charge in [-0.15, -0.1) is 0 Å². The maximum atomic E-state index is 8.62. The second-order valence-corrected chi connectivity index (χ2v) is 4.07. The lowest BCUT2D eigenvalue weighted by Crippen LogP contribution is -1.82. The van der Waals surface area contributed by atoms with Crippen LogP contribution in [-0.2, 0) is 6.42 Å². The molecule has 0 aliphatic rings. The minimum absolute atomic E-state index is 0.331. The fourth-order valence-corrected chi connectivity index (χ4v) is 1.68. The first kappa shape index (κ1) is 13.0. The molecular formula is C15H22O. The van der Waals surface area contributed by atoms with E-state index in [-0.39, 0.29) is 0 Å². The number of aliphatic hydroxyl groups is 1. The predicted molar refractivity (Wildman–Crippen MR) is 69.5 cm³/mol. The molecule has 0 unspecified atom stereocenters. The van der Waals surface area contributed by atoms with Gasteiger partial charge in [0.15, 0.2) is 0 Å². The van der Waals surface area contributed by atoms with Gasteiger partial charge < -0.3 is 5.11 Å². The summed E-state index contributed by atoms with van der Waals surface area (Å²) in [6.45, 7) is 0.331. The lowest BCUT2D eigenvalue weighted by molar-refractivity contribution is 0.283. The van der Waals surface area contributed by atoms with Crippen LogP contribution in [0.25, 0.3) is 0 Å². The van der Waals surface area contributed by atoms with E-state index < -0.39 is 0 Å². The van der Waals surface area contributed by atoms with Crippen LogP contribution >= 0.6 is 0 Å². The Bertz CT molecular complexity index is 277. The molecule has 0 aliphatic heterocycles. The lowest BCUT2D eigenvalue weighted by Gasteiger charge is -1.97. The van der Waals surface area contributed by atoms with Crippen LogP contribution in [0.3, 0.4) is 0 Å². The summed E-state index contributed by atoms with van der Waals surface area (Å²) in [7, 11) is 0. The van der Waals surface area contributed by atoms with Crippen molar-refractivity contribution in [3.63, 3.8) is 0 Å². The first-order chi connectivity index (χ1) is 7.93. The van der Waals surface area contributed by atoms with E-state index in [1.54, 1.807) is 0 Å². The molecule has 88 valence electrons. The van der Waals surface area contributed by atoms with Gasteiger partial charge in [0.1, 0.15) is 0 Å². The molecule has 1 aromatic carbocycles. The van der Waals surface area contributed by atoms with Crippen LogP contribution in [0.4, 0.5) is 0 Å². The van der Waals surface area contributed by atoms with Crippen molar-refractivity contribution in [1.82, 2.24) is 0 Å². The fourth-order valence-electron chi connectivity index (χ4n) is 1.68. The number of aryl methyl sites for hydroxylation is 1. The molecule has 16 heavy (non-hydrogen) atoms. The summed E-state index contributed by atoms with van der Waals surface area (Å²) in [5.74, 6) is 0. The standard InChI is InChI=1S/C15H22O/c16-14-10-5-3-1-2-4-7-11-15-12-8-6-9-13-15/h2,4,6,8-9,12-13,16H,1,3,5,7,10-11,14H2. The van der Waals surface area contributed by atoms with Crippen LogP contribution in [0, 0.1) is 0 Å². The topological polar surface area (TPSA) is 20.2 Å². The first-order valence-corrected chi connectivity index (χ1v) is 6.23. The number of allylic oxidation sites excluding steroid dienone is 2. The van der Waals surface area contributed by atoms with E-state index in [1.807, 2.05) is 0 Å². The SMILES string of the molecule is OCCCCCC=CCCc1ccccc1. The summed E-state index contributed by atoms with van der Waals surface area (Å²) >= 11 is 0. The average molecular weight is 218 g/mol. The average Bonchev–Trinajstić information content (AvgIpc) is 2.34. The zero-order valence-electron chi connectivity index (χ0n) is 9.94. The Morgan fingerprint density at radius 2 is 1.62 bits per heavy atom. The number of aliphatic hydroxyl groups excluding tert-OH is 1. The fraction of sp³-hybridized carbons (Fsp3) is 0.467. The van der Waals surface area contributed by atoms with Crippen LogP contribution in [0.5, 0.6) is 0 Å². The molecule has 0 radical (unpaired) electrons. The largest absolute Gasteiger partial charge is 0.396 e. The summed E-state index contributed by atoms with van der Waals surface area (Å²) in [6, 6.07) is 10.6. The Labute approximate surface area is 98.8 Å². The summed E-state index contributed by atoms with van der Waals surface area (Å²) in [5, 5.41) is 8.62. The van der Waals surface area contributed by atoms with Gasteiger partial charge in [-0.2, -0.15) is 0 Å². The van der Waals surface area contributed by atoms with E-state index in [0.29, 0.717) is 6.61 Å². The van der Waals surface area contributed by atoms with E-state index in [1.165, 1.54) is 12.0 Å². The van der Waals surface area contributed by atoms with E-state index in [4.69, 9.17) is 5.11 Å². The van der Waals surface area contributed by atoms with Gasteiger partial charge in [0.05, 0.1) is 0 Å². The third-order valence-corrected chi connectivity index (χ3v) is 2.64. The van der Waals surface area contributed by atoms with E-state index >= 15 is 0 Å². The van der Waals surface area contributed by atoms with Crippen molar-refractivity contribution < 1.29 is 5.11 Å². The third kappa shape index (κ3) is 6.41. The molecule has 1 heteroatoms. The monoisotopic (exact) mass is 218 g/mol. The van der Waals surface area contributed by atoms with Gasteiger partial charge >= 0.3 is 0 Å². The molecule has 1 rings (SSSR count). The van der Waals surface area contributed by atoms with Crippen molar-refractivity contribution in [2.24, 2.45) is 0 Å². The van der Waals surface area contributed by atoms with Gasteiger partial charge in [-0.3, -0.25) is 0 Å². The van der Waals surface area contributed by atoms with Crippen LogP contribution in [0.1, 0.15) is 37.7 Å². The van der Waals surface area contributed by atoms with Crippen molar-refractivity contribution in [2.45, 2.75) is 38.5 Å². The van der Waals surface area contributed by atoms with Gasteiger partial charge in [0, 0.05) is 6.61 Å². The molecule has 1 nitrogen and oxygen atoms in total. The molecule has 0 bridgehead atoms. The Morgan fingerprint density at radius 1 is 0.875 bits per heavy atom. The van der Waals surface area contributed by atoms with Gasteiger partial charge in [0.25, 0.3) is 0 Å². The van der Waals surface area contributed by atoms with Gasteiger partial charge in [0.2, 0.25) is 0 Å². The van der Waals surface area contributed by atoms with Gasteiger partial charge in [-0.05, 0) is 37.7 Å². The number of rotatable bonds is 8. The first-order valence-electron chi connectivity index (χ1n) is 6.23. The summed E-state index contributed by atoms with van der Waals surface area (Å²) < 4.78 is 0. The molecule has 0 saturated carbocycles. The van der Waals surface area contributed by atoms with Crippen molar-refractivity contribution in [3.8, 4) is 0 Å². The van der Waals surface area contributed by atoms with Crippen molar-refractivity contribution in [1.29, 1.82) is 0 Å². The molecule has 0 aliphatic carbocycles. The van der Waals surface area contributed by atoms with Gasteiger partial charge in [-0.1, -0.05) is 48.9 Å². The van der Waals surface area contributed by atoms with Crippen molar-refractivity contribution in [2.75, 3.05) is 6.61 Å². The van der Waals surface area contributed by atoms with Crippen LogP contribution in [0.2, 0.25) is 0 Å². The highest BCUT2D eigenvalue weighted by Crippen LogP contribution is 2.04. The molecule has 0 aromatic heterocycles. The van der Waals surface area contributed by atoms with E-state index in [9.17, 15) is 0 Å². The summed E-state index contributed by atoms with van der Waals surface area (Å²) in [5.41, 5.74) is 1.41. The van der Waals surface area contributed by atoms with E-state index in [0.717, 1.165) is 32.1 Å². The molecule has 0 amide bonds. The minimum Gasteiger partial charge on any atom is -0.396 e. The maximum absolute atomic E-state index is 8.62.